The Labute approximate surface area is 155 Å². The minimum Gasteiger partial charge on any atom is -0.345 e. The van der Waals surface area contributed by atoms with Crippen LogP contribution in [0.3, 0.4) is 0 Å². The summed E-state index contributed by atoms with van der Waals surface area (Å²) in [6.45, 7) is -0.180. The van der Waals surface area contributed by atoms with Crippen LogP contribution in [0.2, 0.25) is 0 Å². The minimum atomic E-state index is -0.713. The first-order chi connectivity index (χ1) is 12.6. The molecule has 2 amide bonds. The van der Waals surface area contributed by atoms with Gasteiger partial charge in [0.2, 0.25) is 0 Å². The molecule has 26 heavy (non-hydrogen) atoms. The van der Waals surface area contributed by atoms with Crippen LogP contribution in [0.4, 0.5) is 0 Å². The lowest BCUT2D eigenvalue weighted by molar-refractivity contribution is -0.120. The second-order valence-electron chi connectivity index (χ2n) is 5.28. The number of hydrogen-bond donors (Lipinski definition) is 2. The molecule has 2 rings (SSSR count). The second kappa shape index (κ2) is 10.2. The summed E-state index contributed by atoms with van der Waals surface area (Å²) in [7, 11) is 0. The number of pyridine rings is 1. The monoisotopic (exact) mass is 373 g/mol. The van der Waals surface area contributed by atoms with Gasteiger partial charge in [-0.25, -0.2) is 4.98 Å². The molecule has 0 aromatic carbocycles. The van der Waals surface area contributed by atoms with Crippen molar-refractivity contribution >= 4 is 29.4 Å². The highest BCUT2D eigenvalue weighted by Crippen LogP contribution is 2.04. The van der Waals surface area contributed by atoms with Crippen LogP contribution in [0, 0.1) is 0 Å². The summed E-state index contributed by atoms with van der Waals surface area (Å²) >= 11 is 1.57. The Hall–Kier alpha value is -2.81. The van der Waals surface area contributed by atoms with E-state index in [9.17, 15) is 14.4 Å². The smallest absolute Gasteiger partial charge is 0.272 e. The van der Waals surface area contributed by atoms with Crippen molar-refractivity contribution in [3.63, 3.8) is 0 Å². The van der Waals surface area contributed by atoms with Crippen LogP contribution < -0.4 is 10.6 Å². The predicted molar refractivity (Wildman–Crippen MR) is 97.9 cm³/mol. The van der Waals surface area contributed by atoms with Gasteiger partial charge >= 0.3 is 0 Å². The third-order valence-corrected chi connectivity index (χ3v) is 4.11. The van der Waals surface area contributed by atoms with Crippen LogP contribution in [0.1, 0.15) is 27.3 Å². The number of thioether (sulfide) groups is 1. The molecule has 0 fully saturated rings. The number of aromatic nitrogens is 3. The molecule has 0 radical (unpaired) electrons. The van der Waals surface area contributed by atoms with Gasteiger partial charge in [-0.3, -0.25) is 24.4 Å². The number of nitrogens with zero attached hydrogens (tertiary/aromatic N) is 3. The molecule has 0 aliphatic heterocycles. The average Bonchev–Trinajstić information content (AvgIpc) is 2.70. The number of carbonyl (C=O) groups excluding carboxylic acids is 3. The molecule has 2 heterocycles. The number of carbonyl (C=O) groups is 3. The summed E-state index contributed by atoms with van der Waals surface area (Å²) in [6.07, 6.45) is 9.56. The van der Waals surface area contributed by atoms with Crippen LogP contribution in [0.15, 0.2) is 43.1 Å². The van der Waals surface area contributed by atoms with Gasteiger partial charge in [0, 0.05) is 30.4 Å². The van der Waals surface area contributed by atoms with Gasteiger partial charge in [-0.05, 0) is 30.6 Å². The lowest BCUT2D eigenvalue weighted by Gasteiger charge is -2.17. The SMILES string of the molecule is CSCC[C@H](NC(=O)c1cnccn1)C(=O)CNC(=O)c1ccncc1. The van der Waals surface area contributed by atoms with Crippen LogP contribution >= 0.6 is 11.8 Å². The van der Waals surface area contributed by atoms with Crippen LogP contribution in [0.5, 0.6) is 0 Å². The van der Waals surface area contributed by atoms with E-state index in [1.54, 1.807) is 23.9 Å². The summed E-state index contributed by atoms with van der Waals surface area (Å²) in [4.78, 5) is 48.3. The number of rotatable bonds is 9. The molecule has 8 nitrogen and oxygen atoms in total. The van der Waals surface area contributed by atoms with Gasteiger partial charge in [0.1, 0.15) is 5.69 Å². The van der Waals surface area contributed by atoms with Gasteiger partial charge in [0.15, 0.2) is 5.78 Å². The van der Waals surface area contributed by atoms with E-state index in [0.717, 1.165) is 0 Å². The van der Waals surface area contributed by atoms with Crippen molar-refractivity contribution in [1.29, 1.82) is 0 Å². The van der Waals surface area contributed by atoms with Crippen molar-refractivity contribution in [1.82, 2.24) is 25.6 Å². The van der Waals surface area contributed by atoms with E-state index in [1.165, 1.54) is 31.0 Å². The maximum atomic E-state index is 12.5. The van der Waals surface area contributed by atoms with E-state index in [2.05, 4.69) is 25.6 Å². The van der Waals surface area contributed by atoms with Crippen molar-refractivity contribution in [3.05, 3.63) is 54.4 Å². The molecule has 2 aromatic heterocycles. The second-order valence-corrected chi connectivity index (χ2v) is 6.27. The number of nitrogens with one attached hydrogen (secondary N) is 2. The average molecular weight is 373 g/mol. The number of hydrogen-bond acceptors (Lipinski definition) is 7. The van der Waals surface area contributed by atoms with Crippen molar-refractivity contribution < 1.29 is 14.4 Å². The van der Waals surface area contributed by atoms with Gasteiger partial charge < -0.3 is 10.6 Å². The van der Waals surface area contributed by atoms with Crippen LogP contribution in [-0.4, -0.2) is 57.1 Å². The molecule has 0 bridgehead atoms. The fourth-order valence-electron chi connectivity index (χ4n) is 2.09. The molecule has 0 saturated heterocycles. The third kappa shape index (κ3) is 5.92. The number of Topliss-reactive ketones (excluding diaryl/α,β-unsaturated/α-hetero) is 1. The van der Waals surface area contributed by atoms with E-state index >= 15 is 0 Å². The molecule has 2 N–H and O–H groups in total. The Balaban J connectivity index is 1.95. The summed E-state index contributed by atoms with van der Waals surface area (Å²) in [5.41, 5.74) is 0.548. The van der Waals surface area contributed by atoms with E-state index in [4.69, 9.17) is 0 Å². The van der Waals surface area contributed by atoms with Crippen LogP contribution in [-0.2, 0) is 4.79 Å². The Kier molecular flexibility index (Phi) is 7.69. The number of amides is 2. The summed E-state index contributed by atoms with van der Waals surface area (Å²) < 4.78 is 0. The predicted octanol–water partition coefficient (Wildman–Crippen LogP) is 0.722. The van der Waals surface area contributed by atoms with Crippen molar-refractivity contribution in [2.45, 2.75) is 12.5 Å². The van der Waals surface area contributed by atoms with Gasteiger partial charge in [0.05, 0.1) is 18.8 Å². The topological polar surface area (TPSA) is 114 Å². The highest BCUT2D eigenvalue weighted by Gasteiger charge is 2.22. The van der Waals surface area contributed by atoms with E-state index in [1.807, 2.05) is 6.26 Å². The molecule has 0 unspecified atom stereocenters. The normalized spacial score (nSPS) is 11.4. The summed E-state index contributed by atoms with van der Waals surface area (Å²) in [5.74, 6) is -0.434. The molecule has 2 aromatic rings. The van der Waals surface area contributed by atoms with Crippen molar-refractivity contribution in [2.24, 2.45) is 0 Å². The van der Waals surface area contributed by atoms with E-state index in [0.29, 0.717) is 17.7 Å². The van der Waals surface area contributed by atoms with Crippen molar-refractivity contribution in [2.75, 3.05) is 18.6 Å². The molecule has 0 aliphatic carbocycles. The zero-order valence-corrected chi connectivity index (χ0v) is 15.0. The highest BCUT2D eigenvalue weighted by atomic mass is 32.2. The largest absolute Gasteiger partial charge is 0.345 e. The first-order valence-electron chi connectivity index (χ1n) is 7.88. The summed E-state index contributed by atoms with van der Waals surface area (Å²) in [6, 6.07) is 2.40. The molecule has 0 saturated carbocycles. The first-order valence-corrected chi connectivity index (χ1v) is 9.28. The van der Waals surface area contributed by atoms with Gasteiger partial charge in [-0.2, -0.15) is 11.8 Å². The highest BCUT2D eigenvalue weighted by molar-refractivity contribution is 7.98. The molecule has 9 heteroatoms. The molecular formula is C17H19N5O3S. The Morgan fingerprint density at radius 1 is 1.08 bits per heavy atom. The van der Waals surface area contributed by atoms with Crippen molar-refractivity contribution in [3.8, 4) is 0 Å². The summed E-state index contributed by atoms with van der Waals surface area (Å²) in [5, 5.41) is 5.23. The third-order valence-electron chi connectivity index (χ3n) is 3.47. The number of ketones is 1. The zero-order valence-electron chi connectivity index (χ0n) is 14.2. The van der Waals surface area contributed by atoms with Gasteiger partial charge in [0.25, 0.3) is 11.8 Å². The Bertz CT molecular complexity index is 743. The fourth-order valence-corrected chi connectivity index (χ4v) is 2.57. The standard InChI is InChI=1S/C17H19N5O3S/c1-26-9-4-13(22-17(25)14-10-19-7-8-20-14)15(23)11-21-16(24)12-2-5-18-6-3-12/h2-3,5-8,10,13H,4,9,11H2,1H3,(H,21,24)(H,22,25)/t13-/m0/s1. The molecule has 0 aliphatic rings. The van der Waals surface area contributed by atoms with Gasteiger partial charge in [-0.15, -0.1) is 0 Å². The van der Waals surface area contributed by atoms with Gasteiger partial charge in [-0.1, -0.05) is 0 Å². The molecular weight excluding hydrogens is 354 g/mol. The van der Waals surface area contributed by atoms with Crippen LogP contribution in [0.25, 0.3) is 0 Å². The fraction of sp³-hybridized carbons (Fsp3) is 0.294. The Morgan fingerprint density at radius 2 is 1.85 bits per heavy atom. The van der Waals surface area contributed by atoms with E-state index in [-0.39, 0.29) is 23.9 Å². The first kappa shape index (κ1) is 19.5. The lowest BCUT2D eigenvalue weighted by atomic mass is 10.1. The Morgan fingerprint density at radius 3 is 2.50 bits per heavy atom. The minimum absolute atomic E-state index is 0.135. The zero-order chi connectivity index (χ0) is 18.8. The molecule has 0 spiro atoms. The molecule has 1 atom stereocenters. The lowest BCUT2D eigenvalue weighted by Crippen LogP contribution is -2.46. The maximum Gasteiger partial charge on any atom is 0.272 e. The van der Waals surface area contributed by atoms with E-state index < -0.39 is 11.9 Å². The molecule has 136 valence electrons. The maximum absolute atomic E-state index is 12.5. The quantitative estimate of drug-likeness (QED) is 0.666.